The number of carbonyl (C=O) groups excluding carboxylic acids is 1. The number of rotatable bonds is 6. The number of nitrogens with one attached hydrogen (secondary N) is 1. The first-order chi connectivity index (χ1) is 8.25. The molecule has 96 valence electrons. The number of methoxy groups -OCH3 is 1. The average molecular weight is 258 g/mol. The summed E-state index contributed by atoms with van der Waals surface area (Å²) < 4.78 is 4.88. The lowest BCUT2D eigenvalue weighted by Gasteiger charge is -2.35. The Balaban J connectivity index is 2.46. The minimum absolute atomic E-state index is 0.179. The van der Waals surface area contributed by atoms with E-state index in [2.05, 4.69) is 15.3 Å². The molecule has 1 fully saturated rings. The highest BCUT2D eigenvalue weighted by Crippen LogP contribution is 2.28. The molecule has 1 aliphatic heterocycles. The van der Waals surface area contributed by atoms with Gasteiger partial charge in [0.15, 0.2) is 0 Å². The van der Waals surface area contributed by atoms with E-state index in [1.54, 1.807) is 0 Å². The molecule has 6 nitrogen and oxygen atoms in total. The van der Waals surface area contributed by atoms with Crippen LogP contribution in [0.5, 0.6) is 0 Å². The van der Waals surface area contributed by atoms with Crippen molar-refractivity contribution >= 4 is 17.7 Å². The molecule has 1 heterocycles. The Labute approximate surface area is 105 Å². The number of esters is 1. The fraction of sp³-hybridized carbons (Fsp3) is 0.900. The highest BCUT2D eigenvalue weighted by atomic mass is 32.2. The molecule has 1 N–H and O–H groups in total. The Morgan fingerprint density at radius 2 is 2.29 bits per heavy atom. The molecule has 0 atom stereocenters. The number of hydrogen-bond donors (Lipinski definition) is 1. The Morgan fingerprint density at radius 1 is 1.59 bits per heavy atom. The Morgan fingerprint density at radius 3 is 2.88 bits per heavy atom. The topological polar surface area (TPSA) is 87.1 Å². The summed E-state index contributed by atoms with van der Waals surface area (Å²) in [6.45, 7) is 1.12. The van der Waals surface area contributed by atoms with E-state index < -0.39 is 5.54 Å². The van der Waals surface area contributed by atoms with Gasteiger partial charge in [0.05, 0.1) is 7.11 Å². The number of azide groups is 1. The second kappa shape index (κ2) is 7.42. The summed E-state index contributed by atoms with van der Waals surface area (Å²) in [5.41, 5.74) is 7.62. The lowest BCUT2D eigenvalue weighted by Crippen LogP contribution is -2.55. The van der Waals surface area contributed by atoms with Crippen LogP contribution in [0.4, 0.5) is 0 Å². The van der Waals surface area contributed by atoms with Crippen LogP contribution in [0.3, 0.4) is 0 Å². The van der Waals surface area contributed by atoms with Crippen LogP contribution in [0.1, 0.15) is 19.3 Å². The number of nitrogens with zero attached hydrogens (tertiary/aromatic N) is 3. The lowest BCUT2D eigenvalue weighted by molar-refractivity contribution is -0.149. The van der Waals surface area contributed by atoms with E-state index in [-0.39, 0.29) is 5.97 Å². The predicted molar refractivity (Wildman–Crippen MR) is 67.9 cm³/mol. The van der Waals surface area contributed by atoms with Gasteiger partial charge in [-0.1, -0.05) is 5.11 Å². The standard InChI is InChI=1S/C10H18N4O2S/c1-16-9(15)10(3-7-17-8-4-10)12-5-2-6-13-14-11/h12H,2-8H2,1H3. The second-order valence-electron chi connectivity index (χ2n) is 3.92. The van der Waals surface area contributed by atoms with Crippen molar-refractivity contribution in [2.45, 2.75) is 24.8 Å². The highest BCUT2D eigenvalue weighted by Gasteiger charge is 2.40. The third-order valence-electron chi connectivity index (χ3n) is 2.88. The summed E-state index contributed by atoms with van der Waals surface area (Å²) in [6.07, 6.45) is 2.33. The maximum absolute atomic E-state index is 11.8. The zero-order valence-electron chi connectivity index (χ0n) is 10.0. The van der Waals surface area contributed by atoms with Crippen LogP contribution >= 0.6 is 11.8 Å². The van der Waals surface area contributed by atoms with E-state index in [1.807, 2.05) is 11.8 Å². The van der Waals surface area contributed by atoms with Crippen molar-refractivity contribution in [3.8, 4) is 0 Å². The molecule has 0 radical (unpaired) electrons. The van der Waals surface area contributed by atoms with Gasteiger partial charge in [0.25, 0.3) is 0 Å². The SMILES string of the molecule is COC(=O)C1(NCCCN=[N+]=[N-])CCSCC1. The lowest BCUT2D eigenvalue weighted by atomic mass is 9.92. The zero-order valence-corrected chi connectivity index (χ0v) is 10.8. The Bertz CT molecular complexity index is 299. The molecule has 0 aliphatic carbocycles. The highest BCUT2D eigenvalue weighted by molar-refractivity contribution is 7.99. The molecule has 1 aliphatic rings. The third kappa shape index (κ3) is 4.11. The van der Waals surface area contributed by atoms with Gasteiger partial charge in [-0.2, -0.15) is 11.8 Å². The molecule has 1 saturated heterocycles. The summed E-state index contributed by atoms with van der Waals surface area (Å²) in [5, 5.41) is 6.74. The van der Waals surface area contributed by atoms with Gasteiger partial charge in [-0.25, -0.2) is 0 Å². The van der Waals surface area contributed by atoms with E-state index in [0.29, 0.717) is 13.1 Å². The number of hydrogen-bond acceptors (Lipinski definition) is 5. The molecule has 0 aromatic carbocycles. The predicted octanol–water partition coefficient (Wildman–Crippen LogP) is 1.72. The minimum Gasteiger partial charge on any atom is -0.468 e. The molecule has 7 heteroatoms. The quantitative estimate of drug-likeness (QED) is 0.258. The van der Waals surface area contributed by atoms with Crippen LogP contribution in [0.15, 0.2) is 5.11 Å². The van der Waals surface area contributed by atoms with Gasteiger partial charge >= 0.3 is 5.97 Å². The van der Waals surface area contributed by atoms with Crippen molar-refractivity contribution in [3.63, 3.8) is 0 Å². The van der Waals surface area contributed by atoms with Gasteiger partial charge in [-0.3, -0.25) is 4.79 Å². The van der Waals surface area contributed by atoms with Gasteiger partial charge in [-0.05, 0) is 42.8 Å². The summed E-state index contributed by atoms with van der Waals surface area (Å²) in [7, 11) is 1.42. The molecule has 0 spiro atoms. The van der Waals surface area contributed by atoms with Gasteiger partial charge in [-0.15, -0.1) is 0 Å². The van der Waals surface area contributed by atoms with Crippen molar-refractivity contribution in [3.05, 3.63) is 10.4 Å². The van der Waals surface area contributed by atoms with Crippen molar-refractivity contribution < 1.29 is 9.53 Å². The first-order valence-corrected chi connectivity index (χ1v) is 6.83. The largest absolute Gasteiger partial charge is 0.468 e. The maximum Gasteiger partial charge on any atom is 0.326 e. The van der Waals surface area contributed by atoms with E-state index in [0.717, 1.165) is 30.8 Å². The first-order valence-electron chi connectivity index (χ1n) is 5.67. The summed E-state index contributed by atoms with van der Waals surface area (Å²) in [4.78, 5) is 14.5. The maximum atomic E-state index is 11.8. The fourth-order valence-corrected chi connectivity index (χ4v) is 3.08. The van der Waals surface area contributed by atoms with Crippen LogP contribution < -0.4 is 5.32 Å². The third-order valence-corrected chi connectivity index (χ3v) is 3.87. The summed E-state index contributed by atoms with van der Waals surface area (Å²) in [6, 6.07) is 0. The number of ether oxygens (including phenoxy) is 1. The normalized spacial score (nSPS) is 18.2. The van der Waals surface area contributed by atoms with Gasteiger partial charge in [0.2, 0.25) is 0 Å². The molecule has 0 aromatic heterocycles. The average Bonchev–Trinajstić information content (AvgIpc) is 2.38. The van der Waals surface area contributed by atoms with Crippen LogP contribution in [0.25, 0.3) is 10.4 Å². The van der Waals surface area contributed by atoms with Crippen LogP contribution in [-0.4, -0.2) is 43.2 Å². The van der Waals surface area contributed by atoms with Gasteiger partial charge in [0.1, 0.15) is 5.54 Å². The van der Waals surface area contributed by atoms with Crippen LogP contribution in [0.2, 0.25) is 0 Å². The van der Waals surface area contributed by atoms with Crippen molar-refractivity contribution in [2.24, 2.45) is 5.11 Å². The number of carbonyl (C=O) groups is 1. The van der Waals surface area contributed by atoms with Crippen molar-refractivity contribution in [1.82, 2.24) is 5.32 Å². The van der Waals surface area contributed by atoms with Crippen LogP contribution in [0, 0.1) is 0 Å². The smallest absolute Gasteiger partial charge is 0.326 e. The first kappa shape index (κ1) is 14.2. The monoisotopic (exact) mass is 258 g/mol. The van der Waals surface area contributed by atoms with E-state index in [1.165, 1.54) is 7.11 Å². The molecule has 0 saturated carbocycles. The fourth-order valence-electron chi connectivity index (χ4n) is 1.89. The number of thioether (sulfide) groups is 1. The summed E-state index contributed by atoms with van der Waals surface area (Å²) >= 11 is 1.86. The van der Waals surface area contributed by atoms with E-state index in [9.17, 15) is 4.79 Å². The molecule has 0 amide bonds. The van der Waals surface area contributed by atoms with Gasteiger partial charge < -0.3 is 10.1 Å². The molecule has 0 bridgehead atoms. The Kier molecular flexibility index (Phi) is 6.18. The van der Waals surface area contributed by atoms with E-state index >= 15 is 0 Å². The molecule has 0 unspecified atom stereocenters. The zero-order chi connectivity index (χ0) is 12.6. The van der Waals surface area contributed by atoms with Crippen LogP contribution in [-0.2, 0) is 9.53 Å². The minimum atomic E-state index is -0.531. The van der Waals surface area contributed by atoms with Gasteiger partial charge in [0, 0.05) is 11.5 Å². The molecular weight excluding hydrogens is 240 g/mol. The van der Waals surface area contributed by atoms with E-state index in [4.69, 9.17) is 10.3 Å². The van der Waals surface area contributed by atoms with Crippen molar-refractivity contribution in [2.75, 3.05) is 31.7 Å². The summed E-state index contributed by atoms with van der Waals surface area (Å²) in [5.74, 6) is 1.76. The molecule has 1 rings (SSSR count). The molecule has 17 heavy (non-hydrogen) atoms. The molecular formula is C10H18N4O2S. The second-order valence-corrected chi connectivity index (χ2v) is 5.15. The molecule has 0 aromatic rings. The van der Waals surface area contributed by atoms with Crippen molar-refractivity contribution in [1.29, 1.82) is 0 Å². The Hall–Kier alpha value is -0.910.